The van der Waals surface area contributed by atoms with Crippen molar-refractivity contribution in [1.29, 1.82) is 0 Å². The van der Waals surface area contributed by atoms with Gasteiger partial charge in [0.1, 0.15) is 17.4 Å². The monoisotopic (exact) mass is 290 g/mol. The quantitative estimate of drug-likeness (QED) is 0.398. The molecule has 0 amide bonds. The van der Waals surface area contributed by atoms with Crippen LogP contribution in [0.5, 0.6) is 0 Å². The first-order chi connectivity index (χ1) is 10.0. The van der Waals surface area contributed by atoms with Gasteiger partial charge in [-0.05, 0) is 18.1 Å². The number of allylic oxidation sites excluding steroid dienone is 1. The van der Waals surface area contributed by atoms with Crippen molar-refractivity contribution in [3.05, 3.63) is 46.7 Å². The van der Waals surface area contributed by atoms with Crippen molar-refractivity contribution in [1.82, 2.24) is 0 Å². The molecule has 1 aliphatic rings. The van der Waals surface area contributed by atoms with Gasteiger partial charge in [-0.25, -0.2) is 4.79 Å². The Bertz CT molecular complexity index is 551. The normalized spacial score (nSPS) is 21.1. The lowest BCUT2D eigenvalue weighted by Gasteiger charge is -2.20. The van der Waals surface area contributed by atoms with Crippen LogP contribution in [-0.4, -0.2) is 30.1 Å². The first-order valence-corrected chi connectivity index (χ1v) is 6.74. The molecule has 112 valence electrons. The van der Waals surface area contributed by atoms with Gasteiger partial charge in [0.25, 0.3) is 0 Å². The van der Waals surface area contributed by atoms with E-state index in [-0.39, 0.29) is 30.0 Å². The molecule has 1 atom stereocenters. The van der Waals surface area contributed by atoms with Crippen molar-refractivity contribution in [3.8, 4) is 0 Å². The zero-order valence-electron chi connectivity index (χ0n) is 12.1. The Kier molecular flexibility index (Phi) is 4.75. The lowest BCUT2D eigenvalue weighted by Crippen LogP contribution is -2.31. The number of carbonyl (C=O) groups excluding carboxylic acids is 2. The minimum absolute atomic E-state index is 0.109. The second kappa shape index (κ2) is 6.54. The fourth-order valence-electron chi connectivity index (χ4n) is 2.24. The summed E-state index contributed by atoms with van der Waals surface area (Å²) in [5, 5.41) is 10.1. The summed E-state index contributed by atoms with van der Waals surface area (Å²) < 4.78 is 10.0. The molecular formula is C16H18O5. The number of hydrogen-bond donors (Lipinski definition) is 1. The Labute approximate surface area is 123 Å². The van der Waals surface area contributed by atoms with Crippen LogP contribution < -0.4 is 0 Å². The number of esters is 1. The molecule has 5 heteroatoms. The van der Waals surface area contributed by atoms with Crippen molar-refractivity contribution in [2.45, 2.75) is 32.5 Å². The molecule has 1 fully saturated rings. The average molecular weight is 290 g/mol. The number of cyclic esters (lactones) is 1. The van der Waals surface area contributed by atoms with E-state index in [1.54, 1.807) is 14.0 Å². The predicted octanol–water partition coefficient (Wildman–Crippen LogP) is 2.09. The second-order valence-corrected chi connectivity index (χ2v) is 5.09. The second-order valence-electron chi connectivity index (χ2n) is 5.09. The van der Waals surface area contributed by atoms with Gasteiger partial charge in [0.15, 0.2) is 5.78 Å². The van der Waals surface area contributed by atoms with E-state index in [2.05, 4.69) is 0 Å². The fraction of sp³-hybridized carbons (Fsp3) is 0.375. The SMILES string of the molecule is COCc1ccc(C/C(O)=C2/C(=O)C[C@@H](C)OC2=O)cc1. The van der Waals surface area contributed by atoms with Crippen LogP contribution in [0.25, 0.3) is 0 Å². The average Bonchev–Trinajstić information content (AvgIpc) is 2.40. The molecule has 1 saturated heterocycles. The van der Waals surface area contributed by atoms with Crippen LogP contribution in [0.15, 0.2) is 35.6 Å². The van der Waals surface area contributed by atoms with Crippen LogP contribution in [-0.2, 0) is 32.1 Å². The van der Waals surface area contributed by atoms with E-state index in [1.807, 2.05) is 24.3 Å². The van der Waals surface area contributed by atoms with Crippen molar-refractivity contribution in [3.63, 3.8) is 0 Å². The van der Waals surface area contributed by atoms with E-state index in [9.17, 15) is 14.7 Å². The van der Waals surface area contributed by atoms with Gasteiger partial charge < -0.3 is 14.6 Å². The summed E-state index contributed by atoms with van der Waals surface area (Å²) in [7, 11) is 1.62. The molecule has 0 radical (unpaired) electrons. The van der Waals surface area contributed by atoms with Crippen LogP contribution in [0.2, 0.25) is 0 Å². The highest BCUT2D eigenvalue weighted by Gasteiger charge is 2.32. The Morgan fingerprint density at radius 1 is 1.29 bits per heavy atom. The number of Topliss-reactive ketones (excluding diaryl/α,β-unsaturated/α-hetero) is 1. The summed E-state index contributed by atoms with van der Waals surface area (Å²) >= 11 is 0. The number of benzene rings is 1. The van der Waals surface area contributed by atoms with Crippen LogP contribution in [0.1, 0.15) is 24.5 Å². The fourth-order valence-corrected chi connectivity index (χ4v) is 2.24. The number of ether oxygens (including phenoxy) is 2. The highest BCUT2D eigenvalue weighted by Crippen LogP contribution is 2.20. The molecule has 5 nitrogen and oxygen atoms in total. The van der Waals surface area contributed by atoms with E-state index in [1.165, 1.54) is 0 Å². The van der Waals surface area contributed by atoms with Gasteiger partial charge in [-0.15, -0.1) is 0 Å². The summed E-state index contributed by atoms with van der Waals surface area (Å²) in [6, 6.07) is 7.40. The Hall–Kier alpha value is -2.14. The number of rotatable bonds is 4. The first kappa shape index (κ1) is 15.3. The molecular weight excluding hydrogens is 272 g/mol. The Morgan fingerprint density at radius 3 is 2.48 bits per heavy atom. The van der Waals surface area contributed by atoms with E-state index < -0.39 is 12.1 Å². The number of carbonyl (C=O) groups is 2. The van der Waals surface area contributed by atoms with E-state index in [0.717, 1.165) is 11.1 Å². The molecule has 1 aliphatic heterocycles. The molecule has 0 bridgehead atoms. The summed E-state index contributed by atoms with van der Waals surface area (Å²) in [6.07, 6.45) is -0.203. The summed E-state index contributed by atoms with van der Waals surface area (Å²) in [5.74, 6) is -1.35. The topological polar surface area (TPSA) is 72.8 Å². The number of methoxy groups -OCH3 is 1. The zero-order valence-corrected chi connectivity index (χ0v) is 12.1. The highest BCUT2D eigenvalue weighted by molar-refractivity contribution is 6.19. The third-order valence-corrected chi connectivity index (χ3v) is 3.26. The first-order valence-electron chi connectivity index (χ1n) is 6.74. The van der Waals surface area contributed by atoms with Gasteiger partial charge in [-0.3, -0.25) is 4.79 Å². The smallest absolute Gasteiger partial charge is 0.345 e. The maximum Gasteiger partial charge on any atom is 0.345 e. The molecule has 21 heavy (non-hydrogen) atoms. The zero-order chi connectivity index (χ0) is 15.4. The molecule has 0 spiro atoms. The van der Waals surface area contributed by atoms with Gasteiger partial charge in [0.05, 0.1) is 6.61 Å². The number of aliphatic hydroxyl groups is 1. The number of ketones is 1. The van der Waals surface area contributed by atoms with Gasteiger partial charge in [0.2, 0.25) is 0 Å². The molecule has 1 N–H and O–H groups in total. The van der Waals surface area contributed by atoms with Crippen LogP contribution in [0.4, 0.5) is 0 Å². The van der Waals surface area contributed by atoms with Crippen LogP contribution in [0, 0.1) is 0 Å². The molecule has 1 aromatic carbocycles. The molecule has 2 rings (SSSR count). The number of aliphatic hydroxyl groups excluding tert-OH is 1. The summed E-state index contributed by atoms with van der Waals surface area (Å²) in [4.78, 5) is 23.6. The summed E-state index contributed by atoms with van der Waals surface area (Å²) in [5.41, 5.74) is 1.59. The predicted molar refractivity (Wildman–Crippen MR) is 75.7 cm³/mol. The third kappa shape index (κ3) is 3.70. The maximum absolute atomic E-state index is 11.9. The van der Waals surface area contributed by atoms with Crippen molar-refractivity contribution in [2.24, 2.45) is 0 Å². The maximum atomic E-state index is 11.9. The lowest BCUT2D eigenvalue weighted by molar-refractivity contribution is -0.150. The lowest BCUT2D eigenvalue weighted by atomic mass is 9.98. The molecule has 0 aliphatic carbocycles. The van der Waals surface area contributed by atoms with Crippen molar-refractivity contribution >= 4 is 11.8 Å². The van der Waals surface area contributed by atoms with E-state index in [0.29, 0.717) is 6.61 Å². The van der Waals surface area contributed by atoms with Gasteiger partial charge in [-0.2, -0.15) is 0 Å². The molecule has 0 saturated carbocycles. The minimum atomic E-state index is -0.743. The summed E-state index contributed by atoms with van der Waals surface area (Å²) in [6.45, 7) is 2.16. The van der Waals surface area contributed by atoms with Crippen LogP contribution >= 0.6 is 0 Å². The highest BCUT2D eigenvalue weighted by atomic mass is 16.5. The van der Waals surface area contributed by atoms with Crippen LogP contribution in [0.3, 0.4) is 0 Å². The van der Waals surface area contributed by atoms with Crippen molar-refractivity contribution < 1.29 is 24.2 Å². The third-order valence-electron chi connectivity index (χ3n) is 3.26. The Balaban J connectivity index is 2.15. The van der Waals surface area contributed by atoms with E-state index in [4.69, 9.17) is 9.47 Å². The number of hydrogen-bond acceptors (Lipinski definition) is 5. The molecule has 1 heterocycles. The molecule has 0 unspecified atom stereocenters. The molecule has 1 aromatic rings. The van der Waals surface area contributed by atoms with Crippen molar-refractivity contribution in [2.75, 3.05) is 7.11 Å². The van der Waals surface area contributed by atoms with Gasteiger partial charge in [0, 0.05) is 20.0 Å². The largest absolute Gasteiger partial charge is 0.511 e. The molecule has 0 aromatic heterocycles. The Morgan fingerprint density at radius 2 is 1.90 bits per heavy atom. The van der Waals surface area contributed by atoms with Gasteiger partial charge in [-0.1, -0.05) is 24.3 Å². The van der Waals surface area contributed by atoms with E-state index >= 15 is 0 Å². The standard InChI is InChI=1S/C16H18O5/c1-10-7-13(17)15(16(19)21-10)14(18)8-11-3-5-12(6-4-11)9-20-2/h3-6,10,18H,7-9H2,1-2H3/b15-14+/t10-/m1/s1. The minimum Gasteiger partial charge on any atom is -0.511 e. The van der Waals surface area contributed by atoms with Gasteiger partial charge >= 0.3 is 5.97 Å².